The largest absolute Gasteiger partial charge is 0.261 e. The maximum absolute atomic E-state index is 11.3. The second kappa shape index (κ2) is 3.63. The molecule has 0 spiro atoms. The second-order valence-electron chi connectivity index (χ2n) is 2.92. The highest BCUT2D eigenvalue weighted by molar-refractivity contribution is 8.14. The van der Waals surface area contributed by atoms with Gasteiger partial charge in [0.05, 0.1) is 4.90 Å². The Kier molecular flexibility index (Phi) is 2.58. The monoisotopic (exact) mass is 261 g/mol. The van der Waals surface area contributed by atoms with E-state index in [1.807, 2.05) is 0 Å². The number of aromatic nitrogens is 1. The Balaban J connectivity index is 2.92. The summed E-state index contributed by atoms with van der Waals surface area (Å²) in [5, 5.41) is 1.39. The molecule has 0 fully saturated rings. The van der Waals surface area contributed by atoms with Crippen molar-refractivity contribution in [3.8, 4) is 0 Å². The summed E-state index contributed by atoms with van der Waals surface area (Å²) in [6.45, 7) is 0. The van der Waals surface area contributed by atoms with Crippen LogP contribution in [0.5, 0.6) is 0 Å². The summed E-state index contributed by atoms with van der Waals surface area (Å²) >= 11 is 5.69. The van der Waals surface area contributed by atoms with Crippen LogP contribution in [-0.2, 0) is 9.05 Å². The van der Waals surface area contributed by atoms with Gasteiger partial charge in [-0.1, -0.05) is 23.7 Å². The lowest BCUT2D eigenvalue weighted by Gasteiger charge is -2.02. The Hall–Kier alpha value is -0.840. The minimum absolute atomic E-state index is 0.0472. The zero-order valence-corrected chi connectivity index (χ0v) is 9.64. The third kappa shape index (κ3) is 2.07. The van der Waals surface area contributed by atoms with E-state index in [-0.39, 0.29) is 10.0 Å². The van der Waals surface area contributed by atoms with Gasteiger partial charge in [-0.05, 0) is 12.1 Å². The van der Waals surface area contributed by atoms with Gasteiger partial charge in [0.1, 0.15) is 5.15 Å². The fourth-order valence-corrected chi connectivity index (χ4v) is 2.57. The smallest absolute Gasteiger partial charge is 0.244 e. The number of hydrogen-bond donors (Lipinski definition) is 0. The molecule has 0 N–H and O–H groups in total. The average molecular weight is 262 g/mol. The molecule has 0 saturated carbocycles. The molecular formula is C9H5Cl2NO2S. The molecule has 6 heteroatoms. The van der Waals surface area contributed by atoms with Gasteiger partial charge in [-0.2, -0.15) is 0 Å². The molecule has 0 radical (unpaired) electrons. The van der Waals surface area contributed by atoms with E-state index in [4.69, 9.17) is 22.3 Å². The normalized spacial score (nSPS) is 11.9. The number of nitrogens with zero attached hydrogens (tertiary/aromatic N) is 1. The Morgan fingerprint density at radius 1 is 1.27 bits per heavy atom. The highest BCUT2D eigenvalue weighted by Crippen LogP contribution is 2.26. The number of hydrogen-bond acceptors (Lipinski definition) is 3. The van der Waals surface area contributed by atoms with Gasteiger partial charge in [0.2, 0.25) is 0 Å². The fourth-order valence-electron chi connectivity index (χ4n) is 1.33. The van der Waals surface area contributed by atoms with Crippen LogP contribution in [0.15, 0.2) is 35.4 Å². The van der Waals surface area contributed by atoms with Gasteiger partial charge in [-0.25, -0.2) is 13.4 Å². The van der Waals surface area contributed by atoms with E-state index in [0.717, 1.165) is 0 Å². The van der Waals surface area contributed by atoms with Crippen molar-refractivity contribution in [3.05, 3.63) is 35.6 Å². The van der Waals surface area contributed by atoms with Crippen molar-refractivity contribution in [1.82, 2.24) is 4.98 Å². The Labute approximate surface area is 96.1 Å². The minimum atomic E-state index is -3.76. The zero-order valence-electron chi connectivity index (χ0n) is 7.31. The Morgan fingerprint density at radius 3 is 2.67 bits per heavy atom. The number of halogens is 2. The summed E-state index contributed by atoms with van der Waals surface area (Å²) in [5.41, 5.74) is 0. The first kappa shape index (κ1) is 10.7. The van der Waals surface area contributed by atoms with Crippen LogP contribution in [0.1, 0.15) is 0 Å². The molecule has 0 bridgehead atoms. The van der Waals surface area contributed by atoms with Crippen LogP contribution in [0.3, 0.4) is 0 Å². The van der Waals surface area contributed by atoms with Crippen LogP contribution >= 0.6 is 22.3 Å². The summed E-state index contributed by atoms with van der Waals surface area (Å²) in [6.07, 6.45) is 1.50. The third-order valence-corrected chi connectivity index (χ3v) is 3.54. The molecule has 0 unspecified atom stereocenters. The number of rotatable bonds is 1. The van der Waals surface area contributed by atoms with Crippen molar-refractivity contribution in [1.29, 1.82) is 0 Å². The van der Waals surface area contributed by atoms with Gasteiger partial charge >= 0.3 is 0 Å². The van der Waals surface area contributed by atoms with E-state index in [1.54, 1.807) is 12.1 Å². The van der Waals surface area contributed by atoms with E-state index in [9.17, 15) is 8.42 Å². The number of pyridine rings is 1. The molecule has 0 saturated heterocycles. The molecule has 0 atom stereocenters. The Bertz CT molecular complexity index is 625. The van der Waals surface area contributed by atoms with Gasteiger partial charge in [-0.3, -0.25) is 0 Å². The second-order valence-corrected chi connectivity index (χ2v) is 5.84. The van der Waals surface area contributed by atoms with Crippen LogP contribution in [-0.4, -0.2) is 13.4 Å². The standard InChI is InChI=1S/C9H5Cl2NO2S/c10-9-4-7-6(5-12-9)2-1-3-8(7)15(11,13)14/h1-5H. The van der Waals surface area contributed by atoms with Gasteiger partial charge in [-0.15, -0.1) is 0 Å². The molecule has 1 aromatic carbocycles. The summed E-state index contributed by atoms with van der Waals surface area (Å²) < 4.78 is 22.5. The molecule has 0 aliphatic heterocycles. The van der Waals surface area contributed by atoms with Crippen molar-refractivity contribution < 1.29 is 8.42 Å². The lowest BCUT2D eigenvalue weighted by Crippen LogP contribution is -1.92. The lowest BCUT2D eigenvalue weighted by atomic mass is 10.2. The van der Waals surface area contributed by atoms with E-state index in [1.165, 1.54) is 18.3 Å². The first-order valence-corrected chi connectivity index (χ1v) is 6.66. The van der Waals surface area contributed by atoms with Crippen LogP contribution < -0.4 is 0 Å². The highest BCUT2D eigenvalue weighted by atomic mass is 35.7. The SMILES string of the molecule is O=S(=O)(Cl)c1cccc2cnc(Cl)cc12. The van der Waals surface area contributed by atoms with Crippen molar-refractivity contribution in [3.63, 3.8) is 0 Å². The molecule has 2 rings (SSSR count). The van der Waals surface area contributed by atoms with Crippen molar-refractivity contribution in [2.75, 3.05) is 0 Å². The minimum Gasteiger partial charge on any atom is -0.244 e. The number of benzene rings is 1. The topological polar surface area (TPSA) is 47.0 Å². The van der Waals surface area contributed by atoms with E-state index in [2.05, 4.69) is 4.98 Å². The summed E-state index contributed by atoms with van der Waals surface area (Å²) in [7, 11) is 1.54. The van der Waals surface area contributed by atoms with E-state index >= 15 is 0 Å². The van der Waals surface area contributed by atoms with Crippen LogP contribution in [0.2, 0.25) is 5.15 Å². The third-order valence-electron chi connectivity index (χ3n) is 1.95. The first-order chi connectivity index (χ1) is 6.98. The average Bonchev–Trinajstić information content (AvgIpc) is 2.15. The summed E-state index contributed by atoms with van der Waals surface area (Å²) in [4.78, 5) is 3.91. The fraction of sp³-hybridized carbons (Fsp3) is 0. The molecule has 2 aromatic rings. The van der Waals surface area contributed by atoms with E-state index < -0.39 is 9.05 Å². The van der Waals surface area contributed by atoms with Gasteiger partial charge < -0.3 is 0 Å². The molecule has 1 heterocycles. The molecule has 0 aliphatic carbocycles. The van der Waals surface area contributed by atoms with Crippen LogP contribution in [0, 0.1) is 0 Å². The number of fused-ring (bicyclic) bond motifs is 1. The van der Waals surface area contributed by atoms with Crippen LogP contribution in [0.25, 0.3) is 10.8 Å². The molecule has 1 aromatic heterocycles. The maximum atomic E-state index is 11.3. The van der Waals surface area contributed by atoms with E-state index in [0.29, 0.717) is 10.8 Å². The van der Waals surface area contributed by atoms with Crippen molar-refractivity contribution >= 4 is 42.1 Å². The molecule has 0 aliphatic rings. The maximum Gasteiger partial charge on any atom is 0.261 e. The Morgan fingerprint density at radius 2 is 2.00 bits per heavy atom. The molecule has 3 nitrogen and oxygen atoms in total. The van der Waals surface area contributed by atoms with Gasteiger partial charge in [0, 0.05) is 27.7 Å². The molecule has 15 heavy (non-hydrogen) atoms. The van der Waals surface area contributed by atoms with Crippen molar-refractivity contribution in [2.24, 2.45) is 0 Å². The van der Waals surface area contributed by atoms with Gasteiger partial charge in [0.25, 0.3) is 9.05 Å². The summed E-state index contributed by atoms with van der Waals surface area (Å²) in [6, 6.07) is 6.25. The predicted octanol–water partition coefficient (Wildman–Crippen LogP) is 2.82. The first-order valence-electron chi connectivity index (χ1n) is 3.97. The highest BCUT2D eigenvalue weighted by Gasteiger charge is 2.13. The predicted molar refractivity (Wildman–Crippen MR) is 59.8 cm³/mol. The summed E-state index contributed by atoms with van der Waals surface area (Å²) in [5.74, 6) is 0. The zero-order chi connectivity index (χ0) is 11.1. The van der Waals surface area contributed by atoms with Gasteiger partial charge in [0.15, 0.2) is 0 Å². The molecular weight excluding hydrogens is 257 g/mol. The van der Waals surface area contributed by atoms with Crippen molar-refractivity contribution in [2.45, 2.75) is 4.90 Å². The molecule has 78 valence electrons. The molecule has 0 amide bonds. The van der Waals surface area contributed by atoms with Crippen LogP contribution in [0.4, 0.5) is 0 Å². The quantitative estimate of drug-likeness (QED) is 0.586. The lowest BCUT2D eigenvalue weighted by molar-refractivity contribution is 0.610.